The minimum Gasteiger partial charge on any atom is -0.311 e. The number of rotatable bonds is 9. The van der Waals surface area contributed by atoms with Gasteiger partial charge in [0.25, 0.3) is 6.71 Å². The lowest BCUT2D eigenvalue weighted by Gasteiger charge is -2.48. The molecule has 0 unspecified atom stereocenters. The summed E-state index contributed by atoms with van der Waals surface area (Å²) in [6.07, 6.45) is 4.59. The fraction of sp³-hybridized carbons (Fsp3) is 0.279. The Morgan fingerprint density at radius 1 is 0.391 bits per heavy atom. The molecule has 10 aromatic carbocycles. The normalized spacial score (nSPS) is 16.7. The Morgan fingerprint density at radius 3 is 1.37 bits per heavy atom. The Labute approximate surface area is 553 Å². The van der Waals surface area contributed by atoms with E-state index in [0.29, 0.717) is 0 Å². The first-order chi connectivity index (χ1) is 43.8. The molecule has 92 heavy (non-hydrogen) atoms. The SMILES string of the molecule is CC(C)(C)c1ccc(N2c3cc(N(c4ccccc4)c4ccc([Si](c5ccccc5)(c5ccccc5)c5ccccc5)cc4)cc4c3B(c3cc5c(cc3N4c3ccc4c(c3)C(C)(C)CCC4(C)C)C(C)(C)CCC5(C)C)c3sc4ccc(C(C)(C)C)cc4c32)cc1. The van der Waals surface area contributed by atoms with Crippen molar-refractivity contribution < 1.29 is 0 Å². The molecule has 11 aromatic rings. The number of hydrogen-bond acceptors (Lipinski definition) is 4. The van der Waals surface area contributed by atoms with Crippen molar-refractivity contribution in [2.75, 3.05) is 14.7 Å². The van der Waals surface area contributed by atoms with Gasteiger partial charge in [0.15, 0.2) is 8.07 Å². The summed E-state index contributed by atoms with van der Waals surface area (Å²) in [7, 11) is -2.85. The zero-order valence-corrected chi connectivity index (χ0v) is 58.4. The molecule has 1 aromatic heterocycles. The van der Waals surface area contributed by atoms with Crippen LogP contribution in [-0.2, 0) is 32.5 Å². The molecule has 3 heterocycles. The lowest BCUT2D eigenvalue weighted by molar-refractivity contribution is 0.332. The Balaban J connectivity index is 1.06. The molecule has 6 heteroatoms. The maximum absolute atomic E-state index is 2.85. The van der Waals surface area contributed by atoms with E-state index in [4.69, 9.17) is 0 Å². The number of benzene rings is 10. The second-order valence-corrected chi connectivity index (χ2v) is 36.8. The Bertz CT molecular complexity index is 4550. The highest BCUT2D eigenvalue weighted by atomic mass is 32.1. The van der Waals surface area contributed by atoms with Crippen LogP contribution in [0.25, 0.3) is 10.1 Å². The maximum Gasteiger partial charge on any atom is 0.264 e. The average molecular weight is 1230 g/mol. The van der Waals surface area contributed by atoms with Gasteiger partial charge in [-0.25, -0.2) is 0 Å². The average Bonchev–Trinajstić information content (AvgIpc) is 1.16. The summed E-state index contributed by atoms with van der Waals surface area (Å²) in [5, 5.41) is 6.75. The summed E-state index contributed by atoms with van der Waals surface area (Å²) >= 11 is 2.01. The van der Waals surface area contributed by atoms with E-state index in [1.54, 1.807) is 0 Å². The van der Waals surface area contributed by atoms with Gasteiger partial charge in [-0.3, -0.25) is 0 Å². The van der Waals surface area contributed by atoms with Crippen LogP contribution in [0.1, 0.15) is 156 Å². The quantitative estimate of drug-likeness (QED) is 0.105. The first-order valence-corrected chi connectivity index (χ1v) is 36.6. The minimum atomic E-state index is -2.85. The van der Waals surface area contributed by atoms with Crippen LogP contribution in [0.4, 0.5) is 51.2 Å². The van der Waals surface area contributed by atoms with E-state index in [2.05, 4.69) is 342 Å². The minimum absolute atomic E-state index is 0.00267. The van der Waals surface area contributed by atoms with E-state index in [0.717, 1.165) is 36.3 Å². The van der Waals surface area contributed by atoms with Crippen molar-refractivity contribution in [2.24, 2.45) is 0 Å². The number of nitrogens with zero attached hydrogens (tertiary/aromatic N) is 3. The van der Waals surface area contributed by atoms with Gasteiger partial charge < -0.3 is 14.7 Å². The molecular formula is C86H88BN3SSi. The molecule has 2 aliphatic heterocycles. The van der Waals surface area contributed by atoms with Gasteiger partial charge >= 0.3 is 0 Å². The predicted molar refractivity (Wildman–Crippen MR) is 402 cm³/mol. The fourth-order valence-electron chi connectivity index (χ4n) is 16.4. The first-order valence-electron chi connectivity index (χ1n) is 33.8. The number of anilines is 9. The first kappa shape index (κ1) is 60.1. The monoisotopic (exact) mass is 1230 g/mol. The molecule has 0 spiro atoms. The molecule has 0 saturated carbocycles. The molecule has 0 radical (unpaired) electrons. The molecule has 4 aliphatic rings. The Hall–Kier alpha value is -8.16. The van der Waals surface area contributed by atoms with E-state index in [1.807, 2.05) is 11.3 Å². The number of thiophene rings is 1. The van der Waals surface area contributed by atoms with E-state index in [-0.39, 0.29) is 39.2 Å². The Kier molecular flexibility index (Phi) is 14.0. The molecule has 3 nitrogen and oxygen atoms in total. The Morgan fingerprint density at radius 2 is 0.837 bits per heavy atom. The van der Waals surface area contributed by atoms with Crippen molar-refractivity contribution in [3.63, 3.8) is 0 Å². The van der Waals surface area contributed by atoms with E-state index in [9.17, 15) is 0 Å². The third kappa shape index (κ3) is 9.62. The fourth-order valence-corrected chi connectivity index (χ4v) is 22.5. The third-order valence-electron chi connectivity index (χ3n) is 22.0. The van der Waals surface area contributed by atoms with Crippen molar-refractivity contribution in [2.45, 2.75) is 155 Å². The van der Waals surface area contributed by atoms with Crippen molar-refractivity contribution in [1.29, 1.82) is 0 Å². The summed E-state index contributed by atoms with van der Waals surface area (Å²) in [5.41, 5.74) is 22.1. The van der Waals surface area contributed by atoms with Crippen LogP contribution in [0.5, 0.6) is 0 Å². The van der Waals surface area contributed by atoms with Crippen molar-refractivity contribution in [3.05, 3.63) is 264 Å². The second-order valence-electron chi connectivity index (χ2n) is 31.9. The van der Waals surface area contributed by atoms with Crippen LogP contribution in [0.2, 0.25) is 0 Å². The summed E-state index contributed by atoms with van der Waals surface area (Å²) in [4.78, 5) is 7.99. The molecule has 0 fully saturated rings. The van der Waals surface area contributed by atoms with Gasteiger partial charge in [0, 0.05) is 54.7 Å². The van der Waals surface area contributed by atoms with Crippen LogP contribution in [-0.4, -0.2) is 14.8 Å². The van der Waals surface area contributed by atoms with Gasteiger partial charge in [-0.15, -0.1) is 11.3 Å². The predicted octanol–water partition coefficient (Wildman–Crippen LogP) is 19.1. The van der Waals surface area contributed by atoms with E-state index < -0.39 is 8.07 Å². The molecule has 460 valence electrons. The molecule has 0 saturated heterocycles. The van der Waals surface area contributed by atoms with Gasteiger partial charge in [0.1, 0.15) is 0 Å². The lowest BCUT2D eigenvalue weighted by atomic mass is 9.35. The van der Waals surface area contributed by atoms with Gasteiger partial charge in [0.05, 0.1) is 11.4 Å². The van der Waals surface area contributed by atoms with Crippen molar-refractivity contribution >= 4 is 124 Å². The lowest BCUT2D eigenvalue weighted by Crippen LogP contribution is -2.74. The summed E-state index contributed by atoms with van der Waals surface area (Å²) in [5.74, 6) is 0. The smallest absolute Gasteiger partial charge is 0.264 e. The van der Waals surface area contributed by atoms with E-state index in [1.165, 1.54) is 120 Å². The molecule has 2 aliphatic carbocycles. The van der Waals surface area contributed by atoms with E-state index >= 15 is 0 Å². The van der Waals surface area contributed by atoms with Crippen LogP contribution in [0, 0.1) is 0 Å². The molecule has 0 bridgehead atoms. The third-order valence-corrected chi connectivity index (χ3v) is 28.0. The zero-order valence-electron chi connectivity index (χ0n) is 56.6. The van der Waals surface area contributed by atoms with Crippen LogP contribution >= 0.6 is 11.3 Å². The van der Waals surface area contributed by atoms with Gasteiger partial charge in [0.2, 0.25) is 0 Å². The van der Waals surface area contributed by atoms with Crippen molar-refractivity contribution in [1.82, 2.24) is 0 Å². The van der Waals surface area contributed by atoms with Gasteiger partial charge in [-0.05, 0) is 202 Å². The highest BCUT2D eigenvalue weighted by molar-refractivity contribution is 7.33. The van der Waals surface area contributed by atoms with Gasteiger partial charge in [-0.1, -0.05) is 249 Å². The van der Waals surface area contributed by atoms with Crippen LogP contribution in [0.3, 0.4) is 0 Å². The molecule has 0 amide bonds. The second kappa shape index (κ2) is 21.4. The van der Waals surface area contributed by atoms with Crippen molar-refractivity contribution in [3.8, 4) is 0 Å². The number of para-hydroxylation sites is 1. The standard InChI is InChI=1S/C86H88BN3SSi/c1-81(2,3)57-35-38-61(39-36-57)90-76-54-63(88(59-27-19-15-20-28-59)60-40-43-67(44-41-60)92(64-29-21-16-22-30-64,65-31-23-17-24-32-65)66-33-25-18-26-34-66)53-75-78(76)87(80-79(90)68-51-58(82(4,5)6)37-46-77(68)91-80)73-55-71-72(86(13,14)50-49-85(71,11)12)56-74(73)89(75)62-42-45-69-70(52-62)84(9,10)48-47-83(69,7)8/h15-46,51-56H,47-50H2,1-14H3. The highest BCUT2D eigenvalue weighted by Crippen LogP contribution is 2.55. The van der Waals surface area contributed by atoms with Gasteiger partial charge in [-0.2, -0.15) is 0 Å². The van der Waals surface area contributed by atoms with Crippen LogP contribution < -0.4 is 51.1 Å². The molecule has 0 atom stereocenters. The number of fused-ring (bicyclic) bond motifs is 8. The molecule has 15 rings (SSSR count). The number of hydrogen-bond donors (Lipinski definition) is 0. The highest BCUT2D eigenvalue weighted by Gasteiger charge is 2.50. The maximum atomic E-state index is 2.74. The topological polar surface area (TPSA) is 9.72 Å². The summed E-state index contributed by atoms with van der Waals surface area (Å²) in [6.45, 7) is 34.0. The molecule has 0 N–H and O–H groups in total. The zero-order chi connectivity index (χ0) is 64.1. The summed E-state index contributed by atoms with van der Waals surface area (Å²) in [6, 6.07) is 90.1. The summed E-state index contributed by atoms with van der Waals surface area (Å²) < 4.78 is 2.73. The van der Waals surface area contributed by atoms with Crippen LogP contribution in [0.15, 0.2) is 231 Å². The molecular weight excluding hydrogens is 1150 g/mol. The largest absolute Gasteiger partial charge is 0.311 e.